The first kappa shape index (κ1) is 16.1. The number of amides is 2. The number of benzene rings is 1. The van der Waals surface area contributed by atoms with Crippen LogP contribution in [-0.2, 0) is 9.59 Å². The zero-order valence-corrected chi connectivity index (χ0v) is 13.2. The highest BCUT2D eigenvalue weighted by Crippen LogP contribution is 2.25. The Hall–Kier alpha value is -1.30. The molecule has 0 unspecified atom stereocenters. The Morgan fingerprint density at radius 3 is 2.48 bits per heavy atom. The molecule has 0 aromatic heterocycles. The van der Waals surface area contributed by atoms with Crippen molar-refractivity contribution in [2.24, 2.45) is 0 Å². The van der Waals surface area contributed by atoms with E-state index in [2.05, 4.69) is 10.2 Å². The number of anilines is 1. The summed E-state index contributed by atoms with van der Waals surface area (Å²) >= 11 is 11.8. The molecule has 1 aromatic rings. The van der Waals surface area contributed by atoms with Gasteiger partial charge < -0.3 is 15.1 Å². The molecule has 21 heavy (non-hydrogen) atoms. The van der Waals surface area contributed by atoms with Crippen molar-refractivity contribution in [3.63, 3.8) is 0 Å². The van der Waals surface area contributed by atoms with E-state index >= 15 is 0 Å². The summed E-state index contributed by atoms with van der Waals surface area (Å²) in [4.78, 5) is 27.8. The summed E-state index contributed by atoms with van der Waals surface area (Å²) in [5, 5.41) is 3.47. The zero-order valence-electron chi connectivity index (χ0n) is 11.7. The quantitative estimate of drug-likeness (QED) is 0.864. The van der Waals surface area contributed by atoms with Crippen LogP contribution in [0.3, 0.4) is 0 Å². The molecule has 1 fully saturated rings. The lowest BCUT2D eigenvalue weighted by Gasteiger charge is -2.32. The number of nitrogens with zero attached hydrogens (tertiary/aromatic N) is 2. The van der Waals surface area contributed by atoms with Crippen LogP contribution in [0.5, 0.6) is 0 Å². The van der Waals surface area contributed by atoms with Gasteiger partial charge in [0.2, 0.25) is 11.8 Å². The van der Waals surface area contributed by atoms with E-state index in [-0.39, 0.29) is 18.2 Å². The van der Waals surface area contributed by atoms with E-state index < -0.39 is 0 Å². The van der Waals surface area contributed by atoms with Gasteiger partial charge in [-0.2, -0.15) is 0 Å². The van der Waals surface area contributed by atoms with E-state index in [1.165, 1.54) is 0 Å². The van der Waals surface area contributed by atoms with Gasteiger partial charge in [-0.1, -0.05) is 23.2 Å². The lowest BCUT2D eigenvalue weighted by Crippen LogP contribution is -2.47. The maximum Gasteiger partial charge on any atom is 0.233 e. The molecule has 5 nitrogen and oxygen atoms in total. The van der Waals surface area contributed by atoms with Crippen LogP contribution in [0.1, 0.15) is 6.42 Å². The smallest absolute Gasteiger partial charge is 0.233 e. The van der Waals surface area contributed by atoms with Crippen LogP contribution in [0.15, 0.2) is 18.2 Å². The first-order valence-electron chi connectivity index (χ1n) is 6.67. The van der Waals surface area contributed by atoms with Crippen molar-refractivity contribution >= 4 is 40.7 Å². The predicted octanol–water partition coefficient (Wildman–Crippen LogP) is 2.10. The molecule has 1 aliphatic heterocycles. The van der Waals surface area contributed by atoms with Crippen molar-refractivity contribution in [3.8, 4) is 0 Å². The van der Waals surface area contributed by atoms with Gasteiger partial charge in [-0.05, 0) is 25.2 Å². The first-order valence-corrected chi connectivity index (χ1v) is 7.42. The van der Waals surface area contributed by atoms with E-state index in [1.807, 2.05) is 7.05 Å². The molecule has 1 aromatic carbocycles. The third kappa shape index (κ3) is 4.59. The fourth-order valence-electron chi connectivity index (χ4n) is 2.09. The molecule has 2 amide bonds. The van der Waals surface area contributed by atoms with Crippen molar-refractivity contribution in [1.29, 1.82) is 0 Å². The molecule has 0 bridgehead atoms. The highest BCUT2D eigenvalue weighted by molar-refractivity contribution is 6.36. The van der Waals surface area contributed by atoms with Crippen LogP contribution >= 0.6 is 23.2 Å². The van der Waals surface area contributed by atoms with Gasteiger partial charge in [0, 0.05) is 31.2 Å². The molecule has 1 saturated heterocycles. The molecule has 1 heterocycles. The summed E-state index contributed by atoms with van der Waals surface area (Å²) in [7, 11) is 2.01. The maximum absolute atomic E-state index is 12.0. The topological polar surface area (TPSA) is 52.7 Å². The van der Waals surface area contributed by atoms with Crippen molar-refractivity contribution < 1.29 is 9.59 Å². The van der Waals surface area contributed by atoms with Crippen LogP contribution in [0, 0.1) is 0 Å². The lowest BCUT2D eigenvalue weighted by atomic mass is 10.2. The predicted molar refractivity (Wildman–Crippen MR) is 83.8 cm³/mol. The van der Waals surface area contributed by atoms with Crippen molar-refractivity contribution in [3.05, 3.63) is 28.2 Å². The van der Waals surface area contributed by atoms with Gasteiger partial charge in [-0.15, -0.1) is 0 Å². The largest absolute Gasteiger partial charge is 0.340 e. The van der Waals surface area contributed by atoms with E-state index in [1.54, 1.807) is 23.1 Å². The summed E-state index contributed by atoms with van der Waals surface area (Å²) in [5.74, 6) is -0.533. The third-order valence-electron chi connectivity index (χ3n) is 3.37. The van der Waals surface area contributed by atoms with Gasteiger partial charge in [-0.25, -0.2) is 0 Å². The summed E-state index contributed by atoms with van der Waals surface area (Å²) in [5.41, 5.74) is 0.456. The maximum atomic E-state index is 12.0. The van der Waals surface area contributed by atoms with E-state index in [0.717, 1.165) is 13.1 Å². The van der Waals surface area contributed by atoms with Crippen LogP contribution in [-0.4, -0.2) is 54.8 Å². The average Bonchev–Trinajstić information content (AvgIpc) is 2.42. The average molecular weight is 330 g/mol. The molecule has 1 aliphatic rings. The first-order chi connectivity index (χ1) is 9.95. The fourth-order valence-corrected chi connectivity index (χ4v) is 2.55. The number of halogens is 2. The van der Waals surface area contributed by atoms with Gasteiger partial charge in [0.1, 0.15) is 6.42 Å². The molecule has 2 rings (SSSR count). The molecule has 0 radical (unpaired) electrons. The van der Waals surface area contributed by atoms with Crippen LogP contribution < -0.4 is 5.32 Å². The third-order valence-corrected chi connectivity index (χ3v) is 3.92. The second-order valence-electron chi connectivity index (χ2n) is 5.03. The summed E-state index contributed by atoms with van der Waals surface area (Å²) in [6.45, 7) is 2.97. The molecular weight excluding hydrogens is 313 g/mol. The number of rotatable bonds is 3. The Kier molecular flexibility index (Phi) is 5.45. The summed E-state index contributed by atoms with van der Waals surface area (Å²) in [6, 6.07) is 4.79. The number of carbonyl (C=O) groups excluding carboxylic acids is 2. The summed E-state index contributed by atoms with van der Waals surface area (Å²) < 4.78 is 0. The van der Waals surface area contributed by atoms with Gasteiger partial charge in [0.05, 0.1) is 10.7 Å². The number of likely N-dealkylation sites (N-methyl/N-ethyl adjacent to an activating group) is 1. The number of hydrogen-bond acceptors (Lipinski definition) is 3. The van der Waals surface area contributed by atoms with Crippen molar-refractivity contribution in [1.82, 2.24) is 9.80 Å². The number of nitrogens with one attached hydrogen (secondary N) is 1. The Bertz CT molecular complexity index is 543. The summed E-state index contributed by atoms with van der Waals surface area (Å²) in [6.07, 6.45) is -0.178. The SMILES string of the molecule is CN1CCN(C(=O)CC(=O)Nc2ccc(Cl)cc2Cl)CC1. The Morgan fingerprint density at radius 1 is 1.19 bits per heavy atom. The Labute approximate surface area is 133 Å². The van der Waals surface area contributed by atoms with E-state index in [4.69, 9.17) is 23.2 Å². The molecule has 1 N–H and O–H groups in total. The molecule has 0 saturated carbocycles. The minimum Gasteiger partial charge on any atom is -0.340 e. The molecule has 0 aliphatic carbocycles. The molecular formula is C14H17Cl2N3O2. The molecule has 0 atom stereocenters. The Balaban J connectivity index is 1.88. The van der Waals surface area contributed by atoms with Crippen LogP contribution in [0.2, 0.25) is 10.0 Å². The highest BCUT2D eigenvalue weighted by Gasteiger charge is 2.21. The van der Waals surface area contributed by atoms with Gasteiger partial charge in [-0.3, -0.25) is 9.59 Å². The van der Waals surface area contributed by atoms with Crippen LogP contribution in [0.25, 0.3) is 0 Å². The number of carbonyl (C=O) groups is 2. The van der Waals surface area contributed by atoms with Crippen LogP contribution in [0.4, 0.5) is 5.69 Å². The lowest BCUT2D eigenvalue weighted by molar-refractivity contribution is -0.135. The molecule has 7 heteroatoms. The monoisotopic (exact) mass is 329 g/mol. The molecule has 0 spiro atoms. The normalized spacial score (nSPS) is 15.9. The Morgan fingerprint density at radius 2 is 1.86 bits per heavy atom. The van der Waals surface area contributed by atoms with Crippen molar-refractivity contribution in [2.75, 3.05) is 38.5 Å². The van der Waals surface area contributed by atoms with Gasteiger partial charge in [0.15, 0.2) is 0 Å². The number of hydrogen-bond donors (Lipinski definition) is 1. The van der Waals surface area contributed by atoms with E-state index in [0.29, 0.717) is 28.8 Å². The molecule has 114 valence electrons. The second-order valence-corrected chi connectivity index (χ2v) is 5.88. The van der Waals surface area contributed by atoms with Crippen molar-refractivity contribution in [2.45, 2.75) is 6.42 Å². The highest BCUT2D eigenvalue weighted by atomic mass is 35.5. The minimum atomic E-state index is -0.372. The fraction of sp³-hybridized carbons (Fsp3) is 0.429. The van der Waals surface area contributed by atoms with Gasteiger partial charge in [0.25, 0.3) is 0 Å². The number of piperazine rings is 1. The van der Waals surface area contributed by atoms with E-state index in [9.17, 15) is 9.59 Å². The second kappa shape index (κ2) is 7.11. The zero-order chi connectivity index (χ0) is 15.4. The van der Waals surface area contributed by atoms with Gasteiger partial charge >= 0.3 is 0 Å². The minimum absolute atomic E-state index is 0.161. The standard InChI is InChI=1S/C14H17Cl2N3O2/c1-18-4-6-19(7-5-18)14(21)9-13(20)17-12-3-2-10(15)8-11(12)16/h2-3,8H,4-7,9H2,1H3,(H,17,20).